The summed E-state index contributed by atoms with van der Waals surface area (Å²) in [6.45, 7) is 8.27. The number of aldehydes is 1. The molecule has 1 aliphatic carbocycles. The van der Waals surface area contributed by atoms with Crippen molar-refractivity contribution in [2.75, 3.05) is 39.6 Å². The first-order valence-corrected chi connectivity index (χ1v) is 12.8. The molecular weight excluding hydrogens is 493 g/mol. The van der Waals surface area contributed by atoms with Crippen molar-refractivity contribution in [1.82, 2.24) is 14.9 Å². The molecule has 0 saturated heterocycles. The van der Waals surface area contributed by atoms with Gasteiger partial charge < -0.3 is 14.8 Å². The molecule has 3 rings (SSSR count). The van der Waals surface area contributed by atoms with E-state index in [-0.39, 0.29) is 18.1 Å². The minimum Gasteiger partial charge on any atom is -0.475 e. The Balaban J connectivity index is 0.000000695. The fraction of sp³-hybridized carbons (Fsp3) is 0.552. The highest BCUT2D eigenvalue weighted by Crippen LogP contribution is 2.31. The lowest BCUT2D eigenvalue weighted by atomic mass is 9.90. The van der Waals surface area contributed by atoms with Crippen molar-refractivity contribution < 1.29 is 22.7 Å². The zero-order valence-electron chi connectivity index (χ0n) is 23.8. The number of aromatic nitrogens is 2. The van der Waals surface area contributed by atoms with Crippen LogP contribution in [0.15, 0.2) is 30.1 Å². The second-order valence-electron chi connectivity index (χ2n) is 10.2. The maximum Gasteiger partial charge on any atom is 0.229 e. The van der Waals surface area contributed by atoms with Crippen molar-refractivity contribution in [3.63, 3.8) is 0 Å². The summed E-state index contributed by atoms with van der Waals surface area (Å²) in [6, 6.07) is 4.33. The Morgan fingerprint density at radius 1 is 1.21 bits per heavy atom. The molecule has 2 heterocycles. The van der Waals surface area contributed by atoms with Crippen molar-refractivity contribution in [1.29, 1.82) is 0 Å². The number of alkyl halides is 3. The van der Waals surface area contributed by atoms with Crippen molar-refractivity contribution in [3.8, 4) is 5.88 Å². The van der Waals surface area contributed by atoms with E-state index in [0.29, 0.717) is 5.88 Å². The lowest BCUT2D eigenvalue weighted by Crippen LogP contribution is -2.23. The Kier molecular flexibility index (Phi) is 14.6. The summed E-state index contributed by atoms with van der Waals surface area (Å²) in [5.41, 5.74) is 5.84. The predicted octanol–water partition coefficient (Wildman–Crippen LogP) is 7.05. The third-order valence-electron chi connectivity index (χ3n) is 5.96. The first-order chi connectivity index (χ1) is 18.0. The number of ether oxygens (including phenoxy) is 1. The van der Waals surface area contributed by atoms with Crippen LogP contribution in [0.5, 0.6) is 5.88 Å². The van der Waals surface area contributed by atoms with Gasteiger partial charge in [0.25, 0.3) is 0 Å². The quantitative estimate of drug-likeness (QED) is 0.347. The molecule has 0 bridgehead atoms. The van der Waals surface area contributed by atoms with Crippen LogP contribution in [-0.4, -0.2) is 55.5 Å². The highest BCUT2D eigenvalue weighted by Gasteiger charge is 2.18. The van der Waals surface area contributed by atoms with E-state index in [1.54, 1.807) is 0 Å². The van der Waals surface area contributed by atoms with Gasteiger partial charge >= 0.3 is 0 Å². The standard InChI is InChI=1S/C23H31FN4O.C5H10O.CH2F2/c1-16-12-20(14-27-23(16)29-11-9-24)17(2)28(4)15-21-19(13-18-6-5-7-18)8-10-26-22(21)25-3;1-5(2,3)4-6;2-1-3/h8,10,12-14,17H,5-7,9,11,15H2,1-4H3,(H,25,26);4H,1-3H3;1H2. The van der Waals surface area contributed by atoms with Crippen LogP contribution in [0.4, 0.5) is 19.0 Å². The van der Waals surface area contributed by atoms with Gasteiger partial charge in [-0.3, -0.25) is 4.90 Å². The SMILES string of the molecule is CC(C)(C)C=O.CNc1nccc(C=C2CCC2)c1CN(C)C(C)c1cnc(OCCF)c(C)c1.FCF. The Labute approximate surface area is 225 Å². The molecule has 9 heteroatoms. The fourth-order valence-corrected chi connectivity index (χ4v) is 3.51. The molecule has 1 saturated carbocycles. The third-order valence-corrected chi connectivity index (χ3v) is 5.96. The number of carbonyl (C=O) groups is 1. The Hall–Kier alpha value is -2.94. The largest absolute Gasteiger partial charge is 0.475 e. The minimum atomic E-state index is -1.75. The fourth-order valence-electron chi connectivity index (χ4n) is 3.51. The van der Waals surface area contributed by atoms with Crippen LogP contribution in [0, 0.1) is 12.3 Å². The molecule has 6 nitrogen and oxygen atoms in total. The van der Waals surface area contributed by atoms with Crippen LogP contribution in [0.1, 0.15) is 75.3 Å². The summed E-state index contributed by atoms with van der Waals surface area (Å²) in [5.74, 6) is 1.42. The summed E-state index contributed by atoms with van der Waals surface area (Å²) < 4.78 is 37.0. The molecular formula is C29H43F3N4O2. The number of anilines is 1. The average molecular weight is 537 g/mol. The predicted molar refractivity (Wildman–Crippen MR) is 149 cm³/mol. The van der Waals surface area contributed by atoms with E-state index in [0.717, 1.165) is 29.8 Å². The number of rotatable bonds is 9. The molecule has 0 aliphatic heterocycles. The molecule has 2 aromatic heterocycles. The van der Waals surface area contributed by atoms with E-state index < -0.39 is 13.6 Å². The van der Waals surface area contributed by atoms with Crippen molar-refractivity contribution in [2.45, 2.75) is 66.5 Å². The molecule has 0 radical (unpaired) electrons. The molecule has 1 aliphatic rings. The van der Waals surface area contributed by atoms with Gasteiger partial charge in [-0.25, -0.2) is 23.1 Å². The number of nitrogens with one attached hydrogen (secondary N) is 1. The molecule has 1 fully saturated rings. The third kappa shape index (κ3) is 11.2. The number of carbonyl (C=O) groups excluding carboxylic acids is 1. The molecule has 38 heavy (non-hydrogen) atoms. The second-order valence-corrected chi connectivity index (χ2v) is 10.2. The molecule has 0 aromatic carbocycles. The van der Waals surface area contributed by atoms with Gasteiger partial charge in [0, 0.05) is 48.6 Å². The Morgan fingerprint density at radius 3 is 2.32 bits per heavy atom. The lowest BCUT2D eigenvalue weighted by molar-refractivity contribution is -0.113. The average Bonchev–Trinajstić information content (AvgIpc) is 2.86. The van der Waals surface area contributed by atoms with Gasteiger partial charge in [0.1, 0.15) is 25.4 Å². The Morgan fingerprint density at radius 2 is 1.84 bits per heavy atom. The van der Waals surface area contributed by atoms with Crippen LogP contribution in [0.2, 0.25) is 0 Å². The number of allylic oxidation sites excluding steroid dienone is 1. The van der Waals surface area contributed by atoms with Crippen LogP contribution < -0.4 is 10.1 Å². The van der Waals surface area contributed by atoms with E-state index in [1.807, 2.05) is 47.1 Å². The van der Waals surface area contributed by atoms with Gasteiger partial charge in [0.15, 0.2) is 0 Å². The number of nitrogens with zero attached hydrogens (tertiary/aromatic N) is 3. The van der Waals surface area contributed by atoms with Gasteiger partial charge in [-0.15, -0.1) is 0 Å². The summed E-state index contributed by atoms with van der Waals surface area (Å²) in [4.78, 5) is 21.0. The zero-order valence-corrected chi connectivity index (χ0v) is 23.8. The number of hydrogen-bond donors (Lipinski definition) is 1. The van der Waals surface area contributed by atoms with Crippen molar-refractivity contribution in [3.05, 3.63) is 52.4 Å². The van der Waals surface area contributed by atoms with Gasteiger partial charge in [0.05, 0.1) is 0 Å². The summed E-state index contributed by atoms with van der Waals surface area (Å²) in [6.07, 6.45) is 10.6. The maximum atomic E-state index is 12.4. The summed E-state index contributed by atoms with van der Waals surface area (Å²) in [5, 5.41) is 3.24. The molecule has 212 valence electrons. The van der Waals surface area contributed by atoms with Crippen molar-refractivity contribution in [2.24, 2.45) is 5.41 Å². The second kappa shape index (κ2) is 16.8. The highest BCUT2D eigenvalue weighted by atomic mass is 19.3. The molecule has 1 N–H and O–H groups in total. The number of pyridine rings is 2. The van der Waals surface area contributed by atoms with E-state index in [4.69, 9.17) is 4.74 Å². The molecule has 1 unspecified atom stereocenters. The number of hydrogen-bond acceptors (Lipinski definition) is 6. The molecule has 2 aromatic rings. The van der Waals surface area contributed by atoms with E-state index in [1.165, 1.54) is 36.0 Å². The zero-order chi connectivity index (χ0) is 28.7. The van der Waals surface area contributed by atoms with E-state index >= 15 is 0 Å². The van der Waals surface area contributed by atoms with Crippen molar-refractivity contribution >= 4 is 18.2 Å². The van der Waals surface area contributed by atoms with Gasteiger partial charge in [0.2, 0.25) is 12.8 Å². The molecule has 0 amide bonds. The van der Waals surface area contributed by atoms with Gasteiger partial charge in [-0.1, -0.05) is 32.4 Å². The number of aryl methyl sites for hydroxylation is 1. The number of halogens is 3. The van der Waals surface area contributed by atoms with Crippen LogP contribution in [-0.2, 0) is 11.3 Å². The maximum absolute atomic E-state index is 12.4. The van der Waals surface area contributed by atoms with E-state index in [2.05, 4.69) is 52.4 Å². The van der Waals surface area contributed by atoms with E-state index in [9.17, 15) is 18.0 Å². The highest BCUT2D eigenvalue weighted by molar-refractivity contribution is 5.63. The van der Waals surface area contributed by atoms with Crippen LogP contribution in [0.3, 0.4) is 0 Å². The Bertz CT molecular complexity index is 1020. The first-order valence-electron chi connectivity index (χ1n) is 12.8. The monoisotopic (exact) mass is 536 g/mol. The van der Waals surface area contributed by atoms with Crippen LogP contribution in [0.25, 0.3) is 6.08 Å². The minimum absolute atomic E-state index is 0.0364. The molecule has 0 spiro atoms. The normalized spacial score (nSPS) is 13.3. The van der Waals surface area contributed by atoms with Gasteiger partial charge in [-0.2, -0.15) is 0 Å². The first kappa shape index (κ1) is 33.1. The van der Waals surface area contributed by atoms with Crippen LogP contribution >= 0.6 is 0 Å². The molecule has 1 atom stereocenters. The lowest BCUT2D eigenvalue weighted by Gasteiger charge is -2.27. The topological polar surface area (TPSA) is 67.4 Å². The van der Waals surface area contributed by atoms with Gasteiger partial charge in [-0.05, 0) is 63.4 Å². The summed E-state index contributed by atoms with van der Waals surface area (Å²) in [7, 11) is 4.03. The summed E-state index contributed by atoms with van der Waals surface area (Å²) >= 11 is 0. The smallest absolute Gasteiger partial charge is 0.229 e.